The highest BCUT2D eigenvalue weighted by Gasteiger charge is 2.28. The monoisotopic (exact) mass is 667 g/mol. The van der Waals surface area contributed by atoms with Gasteiger partial charge in [0.25, 0.3) is 0 Å². The van der Waals surface area contributed by atoms with Crippen LogP contribution in [0, 0.1) is 0 Å². The highest BCUT2D eigenvalue weighted by molar-refractivity contribution is 7.26. The van der Waals surface area contributed by atoms with Gasteiger partial charge in [-0.2, -0.15) is 0 Å². The van der Waals surface area contributed by atoms with Gasteiger partial charge in [0.05, 0.1) is 27.1 Å². The van der Waals surface area contributed by atoms with Crippen molar-refractivity contribution in [3.63, 3.8) is 0 Å². The number of hydrogen-bond acceptors (Lipinski definition) is 3. The minimum atomic E-state index is 0.874. The summed E-state index contributed by atoms with van der Waals surface area (Å²) in [5.41, 5.74) is 7.57. The van der Waals surface area contributed by atoms with Crippen LogP contribution in [0.4, 0.5) is 17.1 Å². The van der Waals surface area contributed by atoms with Crippen LogP contribution < -0.4 is 4.90 Å². The molecule has 2 heterocycles. The number of para-hydroxylation sites is 1. The van der Waals surface area contributed by atoms with E-state index in [4.69, 9.17) is 4.42 Å². The molecule has 11 rings (SSSR count). The molecule has 0 bridgehead atoms. The molecular formula is C48H29NOS. The molecule has 0 saturated heterocycles. The molecule has 9 aromatic carbocycles. The summed E-state index contributed by atoms with van der Waals surface area (Å²) < 4.78 is 9.09. The van der Waals surface area contributed by atoms with Gasteiger partial charge in [0.1, 0.15) is 11.2 Å². The third-order valence-corrected chi connectivity index (χ3v) is 11.6. The lowest BCUT2D eigenvalue weighted by molar-refractivity contribution is 0.669. The molecule has 11 aromatic rings. The predicted octanol–water partition coefficient (Wildman–Crippen LogP) is 14.6. The Kier molecular flexibility index (Phi) is 6.16. The molecule has 2 aromatic heterocycles. The zero-order chi connectivity index (χ0) is 33.5. The molecule has 3 heteroatoms. The van der Waals surface area contributed by atoms with Crippen molar-refractivity contribution in [2.24, 2.45) is 0 Å². The summed E-state index contributed by atoms with van der Waals surface area (Å²) in [7, 11) is 0. The lowest BCUT2D eigenvalue weighted by atomic mass is 9.87. The van der Waals surface area contributed by atoms with Gasteiger partial charge < -0.3 is 9.32 Å². The number of thiophene rings is 1. The Labute approximate surface area is 298 Å². The van der Waals surface area contributed by atoms with Gasteiger partial charge in [0.2, 0.25) is 0 Å². The average Bonchev–Trinajstić information content (AvgIpc) is 3.77. The van der Waals surface area contributed by atoms with Crippen LogP contribution in [0.5, 0.6) is 0 Å². The second-order valence-corrected chi connectivity index (χ2v) is 14.2. The van der Waals surface area contributed by atoms with Crippen LogP contribution in [0.25, 0.3) is 85.6 Å². The fraction of sp³-hybridized carbons (Fsp3) is 0. The summed E-state index contributed by atoms with van der Waals surface area (Å²) in [5, 5.41) is 12.1. The van der Waals surface area contributed by atoms with Gasteiger partial charge in [-0.05, 0) is 62.8 Å². The zero-order valence-electron chi connectivity index (χ0n) is 27.5. The predicted molar refractivity (Wildman–Crippen MR) is 219 cm³/mol. The van der Waals surface area contributed by atoms with Gasteiger partial charge in [-0.1, -0.05) is 146 Å². The Morgan fingerprint density at radius 2 is 0.961 bits per heavy atom. The number of fused-ring (bicyclic) bond motifs is 10. The smallest absolute Gasteiger partial charge is 0.137 e. The molecule has 0 fully saturated rings. The fourth-order valence-corrected chi connectivity index (χ4v) is 9.50. The van der Waals surface area contributed by atoms with Crippen LogP contribution in [0.3, 0.4) is 0 Å². The van der Waals surface area contributed by atoms with Crippen molar-refractivity contribution in [1.29, 1.82) is 0 Å². The van der Waals surface area contributed by atoms with Crippen molar-refractivity contribution >= 4 is 103 Å². The van der Waals surface area contributed by atoms with Crippen LogP contribution in [0.2, 0.25) is 0 Å². The van der Waals surface area contributed by atoms with Gasteiger partial charge in [-0.25, -0.2) is 0 Å². The molecule has 0 atom stereocenters. The summed E-state index contributed by atoms with van der Waals surface area (Å²) in [6.07, 6.45) is 0. The second kappa shape index (κ2) is 11.0. The molecule has 0 radical (unpaired) electrons. The van der Waals surface area contributed by atoms with Crippen LogP contribution in [0.15, 0.2) is 180 Å². The third kappa shape index (κ3) is 4.16. The van der Waals surface area contributed by atoms with Gasteiger partial charge in [0.15, 0.2) is 0 Å². The standard InChI is InChI=1S/C48H29NOS/c1-2-16-31-30(14-1)15-11-23-35(31)45-36-20-5-3-17-32(36)33-18-4-6-21-37(33)47(45)49(40-25-13-28-43-46(40)39-22-7-9-27-42(39)50-43)41-26-12-24-38-34-19-8-10-29-44(34)51-48(38)41/h1-29H. The van der Waals surface area contributed by atoms with Crippen molar-refractivity contribution in [1.82, 2.24) is 0 Å². The Morgan fingerprint density at radius 1 is 0.392 bits per heavy atom. The van der Waals surface area contributed by atoms with Crippen molar-refractivity contribution in [2.75, 3.05) is 4.90 Å². The first-order chi connectivity index (χ1) is 25.3. The lowest BCUT2D eigenvalue weighted by Crippen LogP contribution is -2.13. The topological polar surface area (TPSA) is 16.4 Å². The van der Waals surface area contributed by atoms with Gasteiger partial charge in [0, 0.05) is 31.8 Å². The Hall–Kier alpha value is -6.42. The Bertz CT molecular complexity index is 3160. The first-order valence-corrected chi connectivity index (χ1v) is 18.2. The number of hydrogen-bond donors (Lipinski definition) is 0. The first kappa shape index (κ1) is 28.4. The second-order valence-electron chi connectivity index (χ2n) is 13.2. The molecule has 0 aliphatic rings. The number of rotatable bonds is 4. The summed E-state index contributed by atoms with van der Waals surface area (Å²) in [4.78, 5) is 2.55. The molecular weight excluding hydrogens is 639 g/mol. The molecule has 0 saturated carbocycles. The largest absolute Gasteiger partial charge is 0.456 e. The van der Waals surface area contributed by atoms with E-state index in [2.05, 4.69) is 181 Å². The van der Waals surface area contributed by atoms with E-state index in [0.717, 1.165) is 39.0 Å². The van der Waals surface area contributed by atoms with Crippen molar-refractivity contribution in [3.8, 4) is 11.1 Å². The van der Waals surface area contributed by atoms with Crippen molar-refractivity contribution in [3.05, 3.63) is 176 Å². The molecule has 0 amide bonds. The van der Waals surface area contributed by atoms with Crippen LogP contribution >= 0.6 is 11.3 Å². The summed E-state index contributed by atoms with van der Waals surface area (Å²) >= 11 is 1.87. The van der Waals surface area contributed by atoms with E-state index >= 15 is 0 Å². The number of benzene rings is 9. The van der Waals surface area contributed by atoms with E-state index in [0.29, 0.717) is 0 Å². The lowest BCUT2D eigenvalue weighted by Gasteiger charge is -2.31. The van der Waals surface area contributed by atoms with Gasteiger partial charge >= 0.3 is 0 Å². The molecule has 0 N–H and O–H groups in total. The maximum Gasteiger partial charge on any atom is 0.137 e. The van der Waals surface area contributed by atoms with Crippen LogP contribution in [-0.2, 0) is 0 Å². The summed E-state index contributed by atoms with van der Waals surface area (Å²) in [5.74, 6) is 0. The molecule has 0 spiro atoms. The molecule has 0 aliphatic heterocycles. The third-order valence-electron chi connectivity index (χ3n) is 10.4. The van der Waals surface area contributed by atoms with E-state index in [1.54, 1.807) is 0 Å². The van der Waals surface area contributed by atoms with Crippen LogP contribution in [-0.4, -0.2) is 0 Å². The number of anilines is 3. The normalized spacial score (nSPS) is 11.9. The Balaban J connectivity index is 1.39. The molecule has 0 aliphatic carbocycles. The molecule has 238 valence electrons. The van der Waals surface area contributed by atoms with Gasteiger partial charge in [-0.15, -0.1) is 11.3 Å². The van der Waals surface area contributed by atoms with E-state index in [1.807, 2.05) is 11.3 Å². The molecule has 0 unspecified atom stereocenters. The van der Waals surface area contributed by atoms with E-state index in [1.165, 1.54) is 63.6 Å². The summed E-state index contributed by atoms with van der Waals surface area (Å²) in [6, 6.07) is 63.8. The highest BCUT2D eigenvalue weighted by Crippen LogP contribution is 2.54. The SMILES string of the molecule is c1ccc2c(-c3c(N(c4cccc5c4sc4ccccc45)c4cccc5oc6ccccc6c45)c4ccccc4c4ccccc34)cccc2c1. The van der Waals surface area contributed by atoms with Gasteiger partial charge in [-0.3, -0.25) is 0 Å². The van der Waals surface area contributed by atoms with E-state index < -0.39 is 0 Å². The first-order valence-electron chi connectivity index (χ1n) is 17.4. The fourth-order valence-electron chi connectivity index (χ4n) is 8.29. The van der Waals surface area contributed by atoms with Crippen molar-refractivity contribution < 1.29 is 4.42 Å². The van der Waals surface area contributed by atoms with Crippen molar-refractivity contribution in [2.45, 2.75) is 0 Å². The molecule has 2 nitrogen and oxygen atoms in total. The minimum Gasteiger partial charge on any atom is -0.456 e. The number of nitrogens with zero attached hydrogens (tertiary/aromatic N) is 1. The average molecular weight is 668 g/mol. The maximum absolute atomic E-state index is 6.56. The van der Waals surface area contributed by atoms with Crippen LogP contribution in [0.1, 0.15) is 0 Å². The van der Waals surface area contributed by atoms with E-state index in [-0.39, 0.29) is 0 Å². The maximum atomic E-state index is 6.56. The molecule has 51 heavy (non-hydrogen) atoms. The minimum absolute atomic E-state index is 0.874. The quantitative estimate of drug-likeness (QED) is 0.174. The number of furan rings is 1. The summed E-state index contributed by atoms with van der Waals surface area (Å²) in [6.45, 7) is 0. The zero-order valence-corrected chi connectivity index (χ0v) is 28.3. The van der Waals surface area contributed by atoms with E-state index in [9.17, 15) is 0 Å². The highest BCUT2D eigenvalue weighted by atomic mass is 32.1. The Morgan fingerprint density at radius 3 is 1.82 bits per heavy atom.